The highest BCUT2D eigenvalue weighted by Gasteiger charge is 2.36. The highest BCUT2D eigenvalue weighted by Crippen LogP contribution is 2.37. The van der Waals surface area contributed by atoms with Crippen molar-refractivity contribution in [3.05, 3.63) is 85.5 Å². The SMILES string of the molecule is CCOc1cc(/C=C2/SC(=O)N(CC(=O)Nc3ccccc3Cl)C2=O)cc(I)c1OCC(=O)Nc1ccc(F)cc1. The molecular formula is C28H22ClFIN3O6S. The van der Waals surface area contributed by atoms with E-state index in [1.165, 1.54) is 30.3 Å². The third-order valence-electron chi connectivity index (χ3n) is 5.43. The minimum Gasteiger partial charge on any atom is -0.490 e. The van der Waals surface area contributed by atoms with Crippen LogP contribution in [-0.2, 0) is 14.4 Å². The highest BCUT2D eigenvalue weighted by atomic mass is 127. The standard InChI is InChI=1S/C28H22ClFIN3O6S/c1-2-39-22-12-16(11-20(31)26(22)40-15-25(36)32-18-9-7-17(30)8-10-18)13-23-27(37)34(28(38)41-23)14-24(35)33-21-6-4-3-5-19(21)29/h3-13H,2,14-15H2,1H3,(H,32,36)(H,33,35)/b23-13+. The number of rotatable bonds is 10. The van der Waals surface area contributed by atoms with Gasteiger partial charge in [-0.25, -0.2) is 4.39 Å². The molecule has 0 radical (unpaired) electrons. The molecule has 9 nitrogen and oxygen atoms in total. The topological polar surface area (TPSA) is 114 Å². The maximum absolute atomic E-state index is 13.1. The Morgan fingerprint density at radius 2 is 1.78 bits per heavy atom. The van der Waals surface area contributed by atoms with Crippen molar-refractivity contribution in [1.29, 1.82) is 0 Å². The van der Waals surface area contributed by atoms with E-state index in [1.54, 1.807) is 43.3 Å². The molecule has 41 heavy (non-hydrogen) atoms. The van der Waals surface area contributed by atoms with Gasteiger partial charge in [-0.1, -0.05) is 23.7 Å². The molecule has 212 valence electrons. The molecule has 0 aliphatic carbocycles. The lowest BCUT2D eigenvalue weighted by Gasteiger charge is -2.15. The molecule has 1 aliphatic rings. The molecule has 4 amide bonds. The van der Waals surface area contributed by atoms with Crippen molar-refractivity contribution in [3.63, 3.8) is 0 Å². The second-order valence-electron chi connectivity index (χ2n) is 8.40. The number of hydrogen-bond donors (Lipinski definition) is 2. The molecule has 1 saturated heterocycles. The third kappa shape index (κ3) is 7.99. The number of amides is 4. The summed E-state index contributed by atoms with van der Waals surface area (Å²) in [5, 5.41) is 4.96. The van der Waals surface area contributed by atoms with Gasteiger partial charge in [0, 0.05) is 5.69 Å². The Morgan fingerprint density at radius 3 is 2.49 bits per heavy atom. The number of thioether (sulfide) groups is 1. The number of carbonyl (C=O) groups excluding carboxylic acids is 4. The molecule has 0 spiro atoms. The van der Waals surface area contributed by atoms with Crippen LogP contribution in [0.1, 0.15) is 12.5 Å². The number of para-hydroxylation sites is 1. The molecule has 3 aromatic carbocycles. The minimum atomic E-state index is -0.611. The van der Waals surface area contributed by atoms with Gasteiger partial charge < -0.3 is 20.1 Å². The second-order valence-corrected chi connectivity index (χ2v) is 11.0. The van der Waals surface area contributed by atoms with Crippen LogP contribution < -0.4 is 20.1 Å². The first kappa shape index (κ1) is 30.3. The van der Waals surface area contributed by atoms with Crippen molar-refractivity contribution in [3.8, 4) is 11.5 Å². The van der Waals surface area contributed by atoms with Gasteiger partial charge in [-0.15, -0.1) is 0 Å². The lowest BCUT2D eigenvalue weighted by atomic mass is 10.2. The van der Waals surface area contributed by atoms with Crippen LogP contribution in [0, 0.1) is 9.39 Å². The van der Waals surface area contributed by atoms with Gasteiger partial charge in [0.25, 0.3) is 17.1 Å². The molecular weight excluding hydrogens is 688 g/mol. The van der Waals surface area contributed by atoms with Crippen molar-refractivity contribution in [2.24, 2.45) is 0 Å². The second kappa shape index (κ2) is 13.8. The molecule has 0 saturated carbocycles. The lowest BCUT2D eigenvalue weighted by molar-refractivity contribution is -0.127. The summed E-state index contributed by atoms with van der Waals surface area (Å²) in [6, 6.07) is 15.3. The first-order chi connectivity index (χ1) is 19.6. The molecule has 0 bridgehead atoms. The molecule has 0 atom stereocenters. The largest absolute Gasteiger partial charge is 0.490 e. The predicted molar refractivity (Wildman–Crippen MR) is 164 cm³/mol. The summed E-state index contributed by atoms with van der Waals surface area (Å²) in [5.41, 5.74) is 1.34. The van der Waals surface area contributed by atoms with Gasteiger partial charge in [-0.2, -0.15) is 0 Å². The van der Waals surface area contributed by atoms with Crippen LogP contribution in [0.5, 0.6) is 11.5 Å². The van der Waals surface area contributed by atoms with Crippen LogP contribution in [-0.4, -0.2) is 47.6 Å². The van der Waals surface area contributed by atoms with E-state index >= 15 is 0 Å². The van der Waals surface area contributed by atoms with E-state index in [0.29, 0.717) is 55.4 Å². The first-order valence-electron chi connectivity index (χ1n) is 12.1. The summed E-state index contributed by atoms with van der Waals surface area (Å²) in [6.07, 6.45) is 1.52. The predicted octanol–water partition coefficient (Wildman–Crippen LogP) is 6.17. The Bertz CT molecular complexity index is 1540. The van der Waals surface area contributed by atoms with E-state index in [2.05, 4.69) is 10.6 Å². The van der Waals surface area contributed by atoms with Crippen LogP contribution in [0.15, 0.2) is 65.6 Å². The summed E-state index contributed by atoms with van der Waals surface area (Å²) >= 11 is 8.79. The minimum absolute atomic E-state index is 0.131. The molecule has 0 unspecified atom stereocenters. The summed E-state index contributed by atoms with van der Waals surface area (Å²) in [7, 11) is 0. The number of ether oxygens (including phenoxy) is 2. The van der Waals surface area contributed by atoms with E-state index < -0.39 is 35.3 Å². The van der Waals surface area contributed by atoms with Crippen LogP contribution in [0.4, 0.5) is 20.6 Å². The van der Waals surface area contributed by atoms with Gasteiger partial charge in [-0.3, -0.25) is 24.1 Å². The van der Waals surface area contributed by atoms with Crippen molar-refractivity contribution < 1.29 is 33.0 Å². The fraction of sp³-hybridized carbons (Fsp3) is 0.143. The molecule has 13 heteroatoms. The van der Waals surface area contributed by atoms with Gasteiger partial charge in [-0.05, 0) is 101 Å². The molecule has 2 N–H and O–H groups in total. The fourth-order valence-corrected chi connectivity index (χ4v) is 5.43. The van der Waals surface area contributed by atoms with Gasteiger partial charge in [0.2, 0.25) is 5.91 Å². The number of carbonyl (C=O) groups is 4. The number of nitrogens with one attached hydrogen (secondary N) is 2. The van der Waals surface area contributed by atoms with Crippen molar-refractivity contribution >= 4 is 86.4 Å². The van der Waals surface area contributed by atoms with Crippen LogP contribution in [0.2, 0.25) is 5.02 Å². The number of nitrogens with zero attached hydrogens (tertiary/aromatic N) is 1. The van der Waals surface area contributed by atoms with Crippen LogP contribution in [0.3, 0.4) is 0 Å². The van der Waals surface area contributed by atoms with Crippen molar-refractivity contribution in [2.45, 2.75) is 6.92 Å². The zero-order chi connectivity index (χ0) is 29.5. The summed E-state index contributed by atoms with van der Waals surface area (Å²) in [4.78, 5) is 51.3. The highest BCUT2D eigenvalue weighted by molar-refractivity contribution is 14.1. The Hall–Kier alpha value is -3.62. The Balaban J connectivity index is 1.45. The van der Waals surface area contributed by atoms with E-state index in [0.717, 1.165) is 4.90 Å². The zero-order valence-electron chi connectivity index (χ0n) is 21.4. The third-order valence-corrected chi connectivity index (χ3v) is 7.47. The molecule has 4 rings (SSSR count). The smallest absolute Gasteiger partial charge is 0.294 e. The quantitative estimate of drug-likeness (QED) is 0.191. The maximum Gasteiger partial charge on any atom is 0.294 e. The molecule has 1 fully saturated rings. The van der Waals surface area contributed by atoms with Gasteiger partial charge in [0.15, 0.2) is 18.1 Å². The monoisotopic (exact) mass is 709 g/mol. The average Bonchev–Trinajstić information content (AvgIpc) is 3.18. The average molecular weight is 710 g/mol. The van der Waals surface area contributed by atoms with Crippen molar-refractivity contribution in [2.75, 3.05) is 30.4 Å². The summed E-state index contributed by atoms with van der Waals surface area (Å²) < 4.78 is 25.1. The fourth-order valence-electron chi connectivity index (χ4n) is 3.63. The van der Waals surface area contributed by atoms with Gasteiger partial charge in [0.1, 0.15) is 12.4 Å². The number of halogens is 3. The first-order valence-corrected chi connectivity index (χ1v) is 14.4. The zero-order valence-corrected chi connectivity index (χ0v) is 25.1. The van der Waals surface area contributed by atoms with Crippen LogP contribution in [0.25, 0.3) is 6.08 Å². The Morgan fingerprint density at radius 1 is 1.05 bits per heavy atom. The van der Waals surface area contributed by atoms with E-state index in [4.69, 9.17) is 21.1 Å². The summed E-state index contributed by atoms with van der Waals surface area (Å²) in [6.45, 7) is 1.28. The molecule has 3 aromatic rings. The number of imide groups is 1. The Kier molecular flexibility index (Phi) is 10.2. The Labute approximate surface area is 257 Å². The maximum atomic E-state index is 13.1. The normalized spacial score (nSPS) is 13.9. The van der Waals surface area contributed by atoms with Gasteiger partial charge >= 0.3 is 0 Å². The molecule has 0 aromatic heterocycles. The van der Waals surface area contributed by atoms with Crippen molar-refractivity contribution in [1.82, 2.24) is 4.90 Å². The van der Waals surface area contributed by atoms with E-state index in [1.807, 2.05) is 22.6 Å². The number of hydrogen-bond acceptors (Lipinski definition) is 7. The molecule has 1 aliphatic heterocycles. The van der Waals surface area contributed by atoms with E-state index in [-0.39, 0.29) is 11.5 Å². The lowest BCUT2D eigenvalue weighted by Crippen LogP contribution is -2.36. The van der Waals surface area contributed by atoms with Gasteiger partial charge in [0.05, 0.1) is 25.8 Å². The number of anilines is 2. The van der Waals surface area contributed by atoms with Crippen LogP contribution >= 0.6 is 46.0 Å². The van der Waals surface area contributed by atoms with E-state index in [9.17, 15) is 23.6 Å². The number of benzene rings is 3. The molecule has 1 heterocycles. The summed E-state index contributed by atoms with van der Waals surface area (Å²) in [5.74, 6) is -1.40.